The van der Waals surface area contributed by atoms with Gasteiger partial charge in [-0.1, -0.05) is 42.5 Å². The lowest BCUT2D eigenvalue weighted by Crippen LogP contribution is -2.40. The van der Waals surface area contributed by atoms with Crippen LogP contribution < -0.4 is 11.2 Å². The van der Waals surface area contributed by atoms with Crippen LogP contribution in [0.1, 0.15) is 32.7 Å². The van der Waals surface area contributed by atoms with E-state index in [-0.39, 0.29) is 11.3 Å². The molecule has 3 rings (SSSR count). The molecule has 186 valence electrons. The number of hydrogen-bond donors (Lipinski definition) is 2. The molecule has 0 unspecified atom stereocenters. The van der Waals surface area contributed by atoms with Gasteiger partial charge in [0.1, 0.15) is 10.9 Å². The van der Waals surface area contributed by atoms with Crippen LogP contribution in [0.4, 0.5) is 0 Å². The molecule has 2 atom stereocenters. The van der Waals surface area contributed by atoms with Gasteiger partial charge in [-0.15, -0.1) is 11.3 Å². The molecule has 11 heteroatoms. The van der Waals surface area contributed by atoms with Gasteiger partial charge in [-0.05, 0) is 49.9 Å². The summed E-state index contributed by atoms with van der Waals surface area (Å²) in [5.74, 6) is 2.69. The normalized spacial score (nSPS) is 13.1. The number of carbonyl (C=O) groups excluding carboxylic acids is 2. The first-order chi connectivity index (χ1) is 16.6. The number of aromatic nitrogens is 1. The molecule has 0 saturated heterocycles. The first kappa shape index (κ1) is 26.5. The Morgan fingerprint density at radius 2 is 1.66 bits per heavy atom. The number of benzene rings is 2. The Hall–Kier alpha value is -3.12. The fourth-order valence-corrected chi connectivity index (χ4v) is 5.03. The van der Waals surface area contributed by atoms with E-state index in [9.17, 15) is 18.0 Å². The Bertz CT molecular complexity index is 1250. The maximum Gasteiger partial charge on any atom is 0.318 e. The molecular weight excluding hydrogens is 490 g/mol. The smallest absolute Gasteiger partial charge is 0.318 e. The average molecular weight is 518 g/mol. The number of amides is 1. The van der Waals surface area contributed by atoms with Gasteiger partial charge in [0, 0.05) is 4.88 Å². The number of nitrogens with zero attached hydrogens (tertiary/aromatic N) is 1. The van der Waals surface area contributed by atoms with Crippen molar-refractivity contribution < 1.29 is 27.0 Å². The quantitative estimate of drug-likeness (QED) is 0.238. The SMILES string of the molecule is COC(=O)[C@@H](Cc1ccccc1)C(=O)N[C@@H](Cc1ccc(S(=O)(=O)ON)cc1)c1nc(C)c(C)s1. The van der Waals surface area contributed by atoms with Crippen molar-refractivity contribution in [3.05, 3.63) is 81.3 Å². The number of aryl methyl sites for hydroxylation is 2. The number of nitrogens with two attached hydrogens (primary N) is 1. The number of nitrogens with one attached hydrogen (secondary N) is 1. The van der Waals surface area contributed by atoms with Gasteiger partial charge in [0.15, 0.2) is 0 Å². The Morgan fingerprint density at radius 3 is 2.20 bits per heavy atom. The predicted molar refractivity (Wildman–Crippen MR) is 131 cm³/mol. The molecule has 1 aromatic heterocycles. The van der Waals surface area contributed by atoms with Crippen molar-refractivity contribution in [2.45, 2.75) is 37.6 Å². The minimum Gasteiger partial charge on any atom is -0.468 e. The van der Waals surface area contributed by atoms with Gasteiger partial charge in [0.25, 0.3) is 0 Å². The molecule has 35 heavy (non-hydrogen) atoms. The summed E-state index contributed by atoms with van der Waals surface area (Å²) in [5.41, 5.74) is 2.42. The van der Waals surface area contributed by atoms with Gasteiger partial charge in [0.05, 0.1) is 23.7 Å². The third kappa shape index (κ3) is 6.73. The van der Waals surface area contributed by atoms with E-state index >= 15 is 0 Å². The number of rotatable bonds is 10. The highest BCUT2D eigenvalue weighted by Gasteiger charge is 2.31. The fraction of sp³-hybridized carbons (Fsp3) is 0.292. The molecule has 3 N–H and O–H groups in total. The van der Waals surface area contributed by atoms with Gasteiger partial charge in [-0.2, -0.15) is 18.6 Å². The van der Waals surface area contributed by atoms with Crippen molar-refractivity contribution in [1.29, 1.82) is 0 Å². The second-order valence-corrected chi connectivity index (χ2v) is 10.7. The van der Waals surface area contributed by atoms with Crippen molar-refractivity contribution in [1.82, 2.24) is 10.3 Å². The van der Waals surface area contributed by atoms with E-state index in [1.165, 1.54) is 30.6 Å². The molecule has 1 heterocycles. The zero-order valence-corrected chi connectivity index (χ0v) is 21.2. The summed E-state index contributed by atoms with van der Waals surface area (Å²) in [7, 11) is -2.77. The maximum atomic E-state index is 13.3. The number of methoxy groups -OCH3 is 1. The van der Waals surface area contributed by atoms with Crippen LogP contribution in [0, 0.1) is 19.8 Å². The molecule has 0 aliphatic heterocycles. The lowest BCUT2D eigenvalue weighted by Gasteiger charge is -2.21. The first-order valence-corrected chi connectivity index (χ1v) is 13.0. The fourth-order valence-electron chi connectivity index (χ4n) is 3.48. The molecule has 9 nitrogen and oxygen atoms in total. The van der Waals surface area contributed by atoms with Crippen LogP contribution in [0.15, 0.2) is 59.5 Å². The number of hydrogen-bond acceptors (Lipinski definition) is 9. The Morgan fingerprint density at radius 1 is 1.03 bits per heavy atom. The van der Waals surface area contributed by atoms with E-state index in [4.69, 9.17) is 10.6 Å². The average Bonchev–Trinajstić information content (AvgIpc) is 3.20. The Balaban J connectivity index is 1.87. The number of esters is 1. The molecule has 0 aliphatic rings. The third-order valence-corrected chi connectivity index (χ3v) is 7.81. The molecule has 0 bridgehead atoms. The second kappa shape index (κ2) is 11.5. The summed E-state index contributed by atoms with van der Waals surface area (Å²) in [4.78, 5) is 31.3. The van der Waals surface area contributed by atoms with Gasteiger partial charge in [0.2, 0.25) is 5.91 Å². The Labute approximate surface area is 208 Å². The molecule has 0 spiro atoms. The Kier molecular flexibility index (Phi) is 8.73. The van der Waals surface area contributed by atoms with E-state index in [1.807, 2.05) is 44.2 Å². The van der Waals surface area contributed by atoms with E-state index in [0.717, 1.165) is 21.7 Å². The van der Waals surface area contributed by atoms with E-state index in [2.05, 4.69) is 14.6 Å². The van der Waals surface area contributed by atoms with Crippen molar-refractivity contribution in [2.75, 3.05) is 7.11 Å². The summed E-state index contributed by atoms with van der Waals surface area (Å²) in [6, 6.07) is 14.6. The van der Waals surface area contributed by atoms with Crippen LogP contribution in [0.25, 0.3) is 0 Å². The van der Waals surface area contributed by atoms with Crippen LogP contribution in [-0.2, 0) is 41.6 Å². The van der Waals surface area contributed by atoms with Crippen LogP contribution >= 0.6 is 11.3 Å². The van der Waals surface area contributed by atoms with Crippen LogP contribution in [0.2, 0.25) is 0 Å². The van der Waals surface area contributed by atoms with Crippen LogP contribution in [0.3, 0.4) is 0 Å². The molecule has 3 aromatic rings. The number of ether oxygens (including phenoxy) is 1. The van der Waals surface area contributed by atoms with E-state index in [1.54, 1.807) is 12.1 Å². The molecule has 2 aromatic carbocycles. The second-order valence-electron chi connectivity index (χ2n) is 7.92. The van der Waals surface area contributed by atoms with Gasteiger partial charge >= 0.3 is 16.1 Å². The van der Waals surface area contributed by atoms with Gasteiger partial charge in [-0.25, -0.2) is 4.98 Å². The first-order valence-electron chi connectivity index (χ1n) is 10.7. The summed E-state index contributed by atoms with van der Waals surface area (Å²) < 4.78 is 32.6. The molecule has 0 fully saturated rings. The summed E-state index contributed by atoms with van der Waals surface area (Å²) in [6.07, 6.45) is 0.509. The van der Waals surface area contributed by atoms with Gasteiger partial charge in [-0.3, -0.25) is 9.59 Å². The van der Waals surface area contributed by atoms with Crippen molar-refractivity contribution >= 4 is 33.3 Å². The minimum absolute atomic E-state index is 0.0844. The molecule has 0 aliphatic carbocycles. The molecule has 0 saturated carbocycles. The predicted octanol–water partition coefficient (Wildman–Crippen LogP) is 2.77. The number of thiazole rings is 1. The summed E-state index contributed by atoms with van der Waals surface area (Å²) in [5, 5.41) is 3.64. The van der Waals surface area contributed by atoms with Crippen LogP contribution in [0.5, 0.6) is 0 Å². The lowest BCUT2D eigenvalue weighted by molar-refractivity contribution is -0.150. The molecule has 0 radical (unpaired) electrons. The zero-order chi connectivity index (χ0) is 25.6. The van der Waals surface area contributed by atoms with Crippen molar-refractivity contribution in [3.63, 3.8) is 0 Å². The highest BCUT2D eigenvalue weighted by molar-refractivity contribution is 7.86. The minimum atomic E-state index is -4.02. The monoisotopic (exact) mass is 517 g/mol. The zero-order valence-electron chi connectivity index (χ0n) is 19.6. The molecule has 1 amide bonds. The third-order valence-electron chi connectivity index (χ3n) is 5.52. The summed E-state index contributed by atoms with van der Waals surface area (Å²) >= 11 is 1.45. The van der Waals surface area contributed by atoms with Crippen molar-refractivity contribution in [2.24, 2.45) is 11.8 Å². The van der Waals surface area contributed by atoms with E-state index in [0.29, 0.717) is 11.4 Å². The standard InChI is InChI=1S/C24H27N3O6S2/c1-15-16(2)34-23(26-15)21(14-18-9-11-19(12-10-18)35(30,31)33-25)27-22(28)20(24(29)32-3)13-17-7-5-4-6-8-17/h4-12,20-21H,13-14,25H2,1-3H3,(H,27,28)/t20-,21-/m0/s1. The van der Waals surface area contributed by atoms with Crippen LogP contribution in [-0.4, -0.2) is 32.4 Å². The largest absolute Gasteiger partial charge is 0.468 e. The topological polar surface area (TPSA) is 138 Å². The maximum absolute atomic E-state index is 13.3. The molecular formula is C24H27N3O6S2. The highest BCUT2D eigenvalue weighted by Crippen LogP contribution is 2.27. The highest BCUT2D eigenvalue weighted by atomic mass is 32.2. The van der Waals surface area contributed by atoms with Crippen molar-refractivity contribution in [3.8, 4) is 0 Å². The number of carbonyl (C=O) groups is 2. The van der Waals surface area contributed by atoms with Gasteiger partial charge < -0.3 is 10.1 Å². The lowest BCUT2D eigenvalue weighted by atomic mass is 9.97. The summed E-state index contributed by atoms with van der Waals surface area (Å²) in [6.45, 7) is 3.82. The van der Waals surface area contributed by atoms with E-state index < -0.39 is 34.0 Å².